The van der Waals surface area contributed by atoms with E-state index in [2.05, 4.69) is 5.10 Å². The SMILES string of the molecule is Cn1nc(-c2ccccc2Oc2ccccc2)c(C2=CCN(C(=O)OC(C)(C)C)CC2)cc1=O. The molecule has 1 aliphatic heterocycles. The van der Waals surface area contributed by atoms with Crippen molar-refractivity contribution in [2.24, 2.45) is 7.05 Å². The molecular formula is C27H29N3O4. The van der Waals surface area contributed by atoms with Gasteiger partial charge in [0.25, 0.3) is 5.56 Å². The first-order chi connectivity index (χ1) is 16.2. The Labute approximate surface area is 199 Å². The summed E-state index contributed by atoms with van der Waals surface area (Å²) in [5.74, 6) is 1.36. The Morgan fingerprint density at radius 2 is 1.71 bits per heavy atom. The maximum absolute atomic E-state index is 12.5. The van der Waals surface area contributed by atoms with E-state index in [1.807, 2.05) is 81.4 Å². The van der Waals surface area contributed by atoms with Gasteiger partial charge >= 0.3 is 6.09 Å². The highest BCUT2D eigenvalue weighted by Gasteiger charge is 2.25. The summed E-state index contributed by atoms with van der Waals surface area (Å²) in [6, 6.07) is 18.8. The third kappa shape index (κ3) is 5.36. The zero-order valence-electron chi connectivity index (χ0n) is 19.9. The Morgan fingerprint density at radius 3 is 2.38 bits per heavy atom. The molecule has 0 fully saturated rings. The first kappa shape index (κ1) is 23.3. The minimum Gasteiger partial charge on any atom is -0.457 e. The third-order valence-electron chi connectivity index (χ3n) is 5.41. The van der Waals surface area contributed by atoms with E-state index >= 15 is 0 Å². The van der Waals surface area contributed by atoms with Crippen LogP contribution in [-0.2, 0) is 11.8 Å². The number of aryl methyl sites for hydroxylation is 1. The number of aromatic nitrogens is 2. The number of benzene rings is 2. The second-order valence-electron chi connectivity index (χ2n) is 9.19. The number of nitrogens with zero attached hydrogens (tertiary/aromatic N) is 3. The van der Waals surface area contributed by atoms with Gasteiger partial charge in [0, 0.05) is 37.3 Å². The summed E-state index contributed by atoms with van der Waals surface area (Å²) in [6.07, 6.45) is 2.21. The van der Waals surface area contributed by atoms with Crippen molar-refractivity contribution in [2.45, 2.75) is 32.8 Å². The van der Waals surface area contributed by atoms with Crippen LogP contribution in [0.5, 0.6) is 11.5 Å². The van der Waals surface area contributed by atoms with Gasteiger partial charge in [0.05, 0.1) is 0 Å². The highest BCUT2D eigenvalue weighted by molar-refractivity contribution is 5.82. The Bertz CT molecular complexity index is 1270. The minimum atomic E-state index is -0.549. The number of ether oxygens (including phenoxy) is 2. The molecule has 2 aromatic carbocycles. The molecule has 0 spiro atoms. The Kier molecular flexibility index (Phi) is 6.54. The van der Waals surface area contributed by atoms with Gasteiger partial charge in [-0.15, -0.1) is 0 Å². The van der Waals surface area contributed by atoms with Crippen LogP contribution < -0.4 is 10.3 Å². The molecule has 34 heavy (non-hydrogen) atoms. The first-order valence-corrected chi connectivity index (χ1v) is 11.3. The van der Waals surface area contributed by atoms with Gasteiger partial charge in [-0.3, -0.25) is 4.79 Å². The normalized spacial score (nSPS) is 13.9. The van der Waals surface area contributed by atoms with Crippen molar-refractivity contribution >= 4 is 11.7 Å². The summed E-state index contributed by atoms with van der Waals surface area (Å²) in [4.78, 5) is 26.6. The largest absolute Gasteiger partial charge is 0.457 e. The predicted molar refractivity (Wildman–Crippen MR) is 132 cm³/mol. The van der Waals surface area contributed by atoms with E-state index in [0.29, 0.717) is 36.7 Å². The lowest BCUT2D eigenvalue weighted by molar-refractivity contribution is 0.0270. The fourth-order valence-electron chi connectivity index (χ4n) is 3.75. The maximum Gasteiger partial charge on any atom is 0.410 e. The van der Waals surface area contributed by atoms with Crippen molar-refractivity contribution in [1.29, 1.82) is 0 Å². The Morgan fingerprint density at radius 1 is 1.00 bits per heavy atom. The molecule has 0 radical (unpaired) electrons. The van der Waals surface area contributed by atoms with Crippen LogP contribution in [0.4, 0.5) is 4.79 Å². The highest BCUT2D eigenvalue weighted by Crippen LogP contribution is 2.36. The predicted octanol–water partition coefficient (Wildman–Crippen LogP) is 5.26. The molecule has 0 N–H and O–H groups in total. The molecule has 1 aromatic heterocycles. The lowest BCUT2D eigenvalue weighted by atomic mass is 9.95. The van der Waals surface area contributed by atoms with E-state index in [1.165, 1.54) is 4.68 Å². The van der Waals surface area contributed by atoms with E-state index in [1.54, 1.807) is 18.0 Å². The molecule has 4 rings (SSSR count). The summed E-state index contributed by atoms with van der Waals surface area (Å²) in [5, 5.41) is 4.60. The van der Waals surface area contributed by atoms with Crippen molar-refractivity contribution in [3.8, 4) is 22.8 Å². The fraction of sp³-hybridized carbons (Fsp3) is 0.296. The molecule has 7 nitrogen and oxygen atoms in total. The van der Waals surface area contributed by atoms with Crippen LogP contribution in [-0.4, -0.2) is 39.5 Å². The second kappa shape index (κ2) is 9.55. The summed E-state index contributed by atoms with van der Waals surface area (Å²) in [7, 11) is 1.63. The monoisotopic (exact) mass is 459 g/mol. The topological polar surface area (TPSA) is 73.7 Å². The van der Waals surface area contributed by atoms with Crippen LogP contribution in [0.15, 0.2) is 71.5 Å². The Balaban J connectivity index is 1.69. The highest BCUT2D eigenvalue weighted by atomic mass is 16.6. The number of carbonyl (C=O) groups is 1. The zero-order valence-corrected chi connectivity index (χ0v) is 19.9. The van der Waals surface area contributed by atoms with Crippen LogP contribution in [0, 0.1) is 0 Å². The molecule has 0 atom stereocenters. The summed E-state index contributed by atoms with van der Waals surface area (Å²) in [6.45, 7) is 6.45. The first-order valence-electron chi connectivity index (χ1n) is 11.3. The molecule has 1 aliphatic rings. The van der Waals surface area contributed by atoms with Crippen LogP contribution in [0.1, 0.15) is 32.8 Å². The van der Waals surface area contributed by atoms with Gasteiger partial charge in [0.15, 0.2) is 0 Å². The van der Waals surface area contributed by atoms with E-state index in [9.17, 15) is 9.59 Å². The van der Waals surface area contributed by atoms with E-state index < -0.39 is 5.60 Å². The smallest absolute Gasteiger partial charge is 0.410 e. The second-order valence-corrected chi connectivity index (χ2v) is 9.19. The van der Waals surface area contributed by atoms with Crippen LogP contribution in [0.2, 0.25) is 0 Å². The van der Waals surface area contributed by atoms with Crippen LogP contribution >= 0.6 is 0 Å². The molecule has 0 unspecified atom stereocenters. The lowest BCUT2D eigenvalue weighted by Gasteiger charge is -2.30. The van der Waals surface area contributed by atoms with Crippen molar-refractivity contribution in [3.63, 3.8) is 0 Å². The number of hydrogen-bond acceptors (Lipinski definition) is 5. The minimum absolute atomic E-state index is 0.198. The van der Waals surface area contributed by atoms with Gasteiger partial charge in [-0.1, -0.05) is 36.4 Å². The molecule has 0 saturated carbocycles. The number of carbonyl (C=O) groups excluding carboxylic acids is 1. The Hall–Kier alpha value is -3.87. The van der Waals surface area contributed by atoms with Gasteiger partial charge < -0.3 is 14.4 Å². The molecule has 1 amide bonds. The fourth-order valence-corrected chi connectivity index (χ4v) is 3.75. The summed E-state index contributed by atoms with van der Waals surface area (Å²) in [5.41, 5.74) is 2.41. The molecular weight excluding hydrogens is 430 g/mol. The maximum atomic E-state index is 12.5. The van der Waals surface area contributed by atoms with E-state index in [0.717, 1.165) is 16.7 Å². The van der Waals surface area contributed by atoms with Gasteiger partial charge in [0.2, 0.25) is 0 Å². The third-order valence-corrected chi connectivity index (χ3v) is 5.41. The molecule has 0 saturated heterocycles. The van der Waals surface area contributed by atoms with Gasteiger partial charge in [0.1, 0.15) is 22.8 Å². The molecule has 2 heterocycles. The van der Waals surface area contributed by atoms with Crippen molar-refractivity contribution in [1.82, 2.24) is 14.7 Å². The van der Waals surface area contributed by atoms with Crippen LogP contribution in [0.3, 0.4) is 0 Å². The summed E-state index contributed by atoms with van der Waals surface area (Å²) >= 11 is 0. The molecule has 7 heteroatoms. The van der Waals surface area contributed by atoms with Gasteiger partial charge in [-0.05, 0) is 57.0 Å². The zero-order chi connectivity index (χ0) is 24.3. The lowest BCUT2D eigenvalue weighted by Crippen LogP contribution is -2.39. The quantitative estimate of drug-likeness (QED) is 0.532. The van der Waals surface area contributed by atoms with Crippen molar-refractivity contribution in [2.75, 3.05) is 13.1 Å². The molecule has 0 bridgehead atoms. The molecule has 3 aromatic rings. The molecule has 0 aliphatic carbocycles. The standard InChI is InChI=1S/C27H29N3O4/c1-27(2,3)34-26(32)30-16-14-19(15-17-30)22-18-24(31)29(4)28-25(22)21-12-8-9-13-23(21)33-20-10-6-5-7-11-20/h5-14,18H,15-17H2,1-4H3. The molecule has 176 valence electrons. The van der Waals surface area contributed by atoms with Gasteiger partial charge in [-0.2, -0.15) is 5.10 Å². The van der Waals surface area contributed by atoms with Crippen LogP contribution in [0.25, 0.3) is 16.8 Å². The van der Waals surface area contributed by atoms with E-state index in [4.69, 9.17) is 9.47 Å². The van der Waals surface area contributed by atoms with Crippen molar-refractivity contribution < 1.29 is 14.3 Å². The van der Waals surface area contributed by atoms with Crippen molar-refractivity contribution in [3.05, 3.63) is 82.7 Å². The average Bonchev–Trinajstić information content (AvgIpc) is 2.81. The summed E-state index contributed by atoms with van der Waals surface area (Å²) < 4.78 is 13.0. The average molecular weight is 460 g/mol. The number of amides is 1. The van der Waals surface area contributed by atoms with E-state index in [-0.39, 0.29) is 11.7 Å². The number of hydrogen-bond donors (Lipinski definition) is 0. The number of para-hydroxylation sites is 2. The number of rotatable bonds is 4. The van der Waals surface area contributed by atoms with Gasteiger partial charge in [-0.25, -0.2) is 9.48 Å².